The van der Waals surface area contributed by atoms with E-state index in [4.69, 9.17) is 10.2 Å². The van der Waals surface area contributed by atoms with Crippen LogP contribution in [0.25, 0.3) is 0 Å². The third-order valence-electron chi connectivity index (χ3n) is 1.31. The summed E-state index contributed by atoms with van der Waals surface area (Å²) in [6.45, 7) is 0. The third-order valence-corrected chi connectivity index (χ3v) is 1.31. The largest absolute Gasteiger partial charge is 0.504 e. The molecule has 0 saturated heterocycles. The van der Waals surface area contributed by atoms with Gasteiger partial charge in [0.2, 0.25) is 0 Å². The quantitative estimate of drug-likeness (QED) is 0.609. The first-order valence-electron chi connectivity index (χ1n) is 3.75. The van der Waals surface area contributed by atoms with E-state index >= 15 is 0 Å². The van der Waals surface area contributed by atoms with E-state index in [1.54, 1.807) is 24.7 Å². The van der Waals surface area contributed by atoms with Gasteiger partial charge in [0.05, 0.1) is 12.5 Å². The summed E-state index contributed by atoms with van der Waals surface area (Å²) in [6.07, 6.45) is 3.25. The van der Waals surface area contributed by atoms with Crippen LogP contribution in [-0.2, 0) is 0 Å². The highest BCUT2D eigenvalue weighted by molar-refractivity contribution is 5.36. The highest BCUT2D eigenvalue weighted by Gasteiger charge is 1.90. The zero-order valence-electron chi connectivity index (χ0n) is 6.92. The van der Waals surface area contributed by atoms with E-state index in [2.05, 4.69) is 4.42 Å². The summed E-state index contributed by atoms with van der Waals surface area (Å²) >= 11 is 0. The van der Waals surface area contributed by atoms with E-state index in [1.807, 2.05) is 12.1 Å². The van der Waals surface area contributed by atoms with Crippen molar-refractivity contribution in [3.05, 3.63) is 48.9 Å². The Bertz CT molecular complexity index is 289. The van der Waals surface area contributed by atoms with Crippen LogP contribution in [0.15, 0.2) is 53.3 Å². The Morgan fingerprint density at radius 2 is 1.23 bits per heavy atom. The predicted molar refractivity (Wildman–Crippen MR) is 48.5 cm³/mol. The number of phenolic OH excluding ortho intramolecular Hbond substituents is 2. The zero-order chi connectivity index (χ0) is 9.52. The fraction of sp³-hybridized carbons (Fsp3) is 0. The van der Waals surface area contributed by atoms with Crippen LogP contribution in [-0.4, -0.2) is 10.2 Å². The van der Waals surface area contributed by atoms with Crippen molar-refractivity contribution < 1.29 is 14.6 Å². The number of rotatable bonds is 0. The Kier molecular flexibility index (Phi) is 3.45. The van der Waals surface area contributed by atoms with Gasteiger partial charge in [-0.3, -0.25) is 0 Å². The summed E-state index contributed by atoms with van der Waals surface area (Å²) in [5.41, 5.74) is 0. The van der Waals surface area contributed by atoms with Crippen LogP contribution >= 0.6 is 0 Å². The normalized spacial score (nSPS) is 8.62. The molecule has 0 atom stereocenters. The molecule has 0 bridgehead atoms. The molecule has 0 radical (unpaired) electrons. The Labute approximate surface area is 75.9 Å². The number of furan rings is 1. The first-order chi connectivity index (χ1) is 6.30. The lowest BCUT2D eigenvalue weighted by Crippen LogP contribution is -1.63. The minimum absolute atomic E-state index is 0.0764. The van der Waals surface area contributed by atoms with Gasteiger partial charge < -0.3 is 14.6 Å². The molecule has 68 valence electrons. The van der Waals surface area contributed by atoms with Crippen LogP contribution in [0.4, 0.5) is 0 Å². The highest BCUT2D eigenvalue weighted by Crippen LogP contribution is 2.21. The highest BCUT2D eigenvalue weighted by atomic mass is 16.3. The topological polar surface area (TPSA) is 53.6 Å². The van der Waals surface area contributed by atoms with Crippen LogP contribution in [0.5, 0.6) is 11.5 Å². The molecule has 13 heavy (non-hydrogen) atoms. The Morgan fingerprint density at radius 3 is 1.46 bits per heavy atom. The second kappa shape index (κ2) is 4.87. The molecule has 2 aromatic rings. The number of para-hydroxylation sites is 2. The van der Waals surface area contributed by atoms with Crippen LogP contribution in [0.1, 0.15) is 0 Å². The standard InChI is InChI=1S/C6H6O2.C4H4O/c7-5-3-1-2-4-6(5)8;1-2-4-5-3-1/h1-4,7-8H;1-4H. The van der Waals surface area contributed by atoms with Gasteiger partial charge in [0.25, 0.3) is 0 Å². The Balaban J connectivity index is 0.000000145. The molecule has 0 amide bonds. The fourth-order valence-corrected chi connectivity index (χ4v) is 0.691. The minimum Gasteiger partial charge on any atom is -0.504 e. The molecule has 0 aliphatic rings. The summed E-state index contributed by atoms with van der Waals surface area (Å²) in [5, 5.41) is 17.3. The molecular weight excluding hydrogens is 168 g/mol. The van der Waals surface area contributed by atoms with Crippen molar-refractivity contribution in [1.29, 1.82) is 0 Å². The lowest BCUT2D eigenvalue weighted by Gasteiger charge is -1.91. The van der Waals surface area contributed by atoms with Crippen LogP contribution in [0.3, 0.4) is 0 Å². The molecule has 0 aliphatic heterocycles. The van der Waals surface area contributed by atoms with E-state index in [9.17, 15) is 0 Å². The number of aromatic hydroxyl groups is 2. The molecule has 0 fully saturated rings. The van der Waals surface area contributed by atoms with E-state index in [0.29, 0.717) is 0 Å². The number of hydrogen-bond acceptors (Lipinski definition) is 3. The first kappa shape index (κ1) is 9.19. The van der Waals surface area contributed by atoms with Gasteiger partial charge in [-0.2, -0.15) is 0 Å². The number of hydrogen-bond donors (Lipinski definition) is 2. The monoisotopic (exact) mass is 178 g/mol. The molecule has 0 unspecified atom stereocenters. The van der Waals surface area contributed by atoms with Gasteiger partial charge in [-0.15, -0.1) is 0 Å². The maximum absolute atomic E-state index is 8.67. The first-order valence-corrected chi connectivity index (χ1v) is 3.75. The summed E-state index contributed by atoms with van der Waals surface area (Å²) in [6, 6.07) is 9.81. The SMILES string of the molecule is Oc1ccccc1O.c1ccoc1. The van der Waals surface area contributed by atoms with Crippen molar-refractivity contribution in [2.24, 2.45) is 0 Å². The second-order valence-electron chi connectivity index (χ2n) is 2.28. The molecular formula is C10H10O3. The smallest absolute Gasteiger partial charge is 0.157 e. The number of phenols is 2. The van der Waals surface area contributed by atoms with E-state index < -0.39 is 0 Å². The molecule has 1 heterocycles. The zero-order valence-corrected chi connectivity index (χ0v) is 6.92. The maximum atomic E-state index is 8.67. The summed E-state index contributed by atoms with van der Waals surface area (Å²) in [7, 11) is 0. The van der Waals surface area contributed by atoms with Crippen molar-refractivity contribution in [3.63, 3.8) is 0 Å². The second-order valence-corrected chi connectivity index (χ2v) is 2.28. The molecule has 3 nitrogen and oxygen atoms in total. The maximum Gasteiger partial charge on any atom is 0.157 e. The summed E-state index contributed by atoms with van der Waals surface area (Å²) in [4.78, 5) is 0. The van der Waals surface area contributed by atoms with Crippen molar-refractivity contribution in [2.75, 3.05) is 0 Å². The van der Waals surface area contributed by atoms with Crippen molar-refractivity contribution in [1.82, 2.24) is 0 Å². The molecule has 3 heteroatoms. The summed E-state index contributed by atoms with van der Waals surface area (Å²) < 4.78 is 4.58. The van der Waals surface area contributed by atoms with Gasteiger partial charge in [0.15, 0.2) is 11.5 Å². The van der Waals surface area contributed by atoms with Crippen LogP contribution < -0.4 is 0 Å². The van der Waals surface area contributed by atoms with E-state index in [0.717, 1.165) is 0 Å². The fourth-order valence-electron chi connectivity index (χ4n) is 0.691. The molecule has 1 aromatic carbocycles. The molecule has 0 aliphatic carbocycles. The molecule has 2 rings (SSSR count). The minimum atomic E-state index is -0.0764. The van der Waals surface area contributed by atoms with Gasteiger partial charge >= 0.3 is 0 Å². The Hall–Kier alpha value is -1.90. The van der Waals surface area contributed by atoms with Crippen molar-refractivity contribution >= 4 is 0 Å². The Morgan fingerprint density at radius 1 is 0.769 bits per heavy atom. The molecule has 2 N–H and O–H groups in total. The van der Waals surface area contributed by atoms with Gasteiger partial charge in [0.1, 0.15) is 0 Å². The van der Waals surface area contributed by atoms with Gasteiger partial charge in [0, 0.05) is 0 Å². The van der Waals surface area contributed by atoms with E-state index in [-0.39, 0.29) is 11.5 Å². The van der Waals surface area contributed by atoms with Gasteiger partial charge in [-0.25, -0.2) is 0 Å². The lowest BCUT2D eigenvalue weighted by atomic mass is 10.3. The van der Waals surface area contributed by atoms with Crippen LogP contribution in [0.2, 0.25) is 0 Å². The number of benzene rings is 1. The average Bonchev–Trinajstić information content (AvgIpc) is 2.68. The average molecular weight is 178 g/mol. The van der Waals surface area contributed by atoms with E-state index in [1.165, 1.54) is 12.1 Å². The summed E-state index contributed by atoms with van der Waals surface area (Å²) in [5.74, 6) is -0.153. The van der Waals surface area contributed by atoms with Crippen molar-refractivity contribution in [2.45, 2.75) is 0 Å². The molecule has 0 saturated carbocycles. The van der Waals surface area contributed by atoms with Gasteiger partial charge in [-0.05, 0) is 24.3 Å². The predicted octanol–water partition coefficient (Wildman–Crippen LogP) is 2.38. The van der Waals surface area contributed by atoms with Gasteiger partial charge in [-0.1, -0.05) is 12.1 Å². The molecule has 0 spiro atoms. The lowest BCUT2D eigenvalue weighted by molar-refractivity contribution is 0.404. The third kappa shape index (κ3) is 3.33. The molecule has 1 aromatic heterocycles. The van der Waals surface area contributed by atoms with Crippen LogP contribution in [0, 0.1) is 0 Å². The van der Waals surface area contributed by atoms with Crippen molar-refractivity contribution in [3.8, 4) is 11.5 Å².